The number of ketones is 1. The van der Waals surface area contributed by atoms with E-state index >= 15 is 0 Å². The number of allylic oxidation sites excluding steroid dienone is 1. The van der Waals surface area contributed by atoms with E-state index in [0.717, 1.165) is 11.1 Å². The molecule has 2 aromatic rings. The van der Waals surface area contributed by atoms with Gasteiger partial charge in [-0.2, -0.15) is 0 Å². The van der Waals surface area contributed by atoms with E-state index in [9.17, 15) is 9.90 Å². The molecule has 1 N–H and O–H groups in total. The minimum absolute atomic E-state index is 0.226. The van der Waals surface area contributed by atoms with Crippen molar-refractivity contribution in [1.29, 1.82) is 0 Å². The molecule has 6 nitrogen and oxygen atoms in total. The van der Waals surface area contributed by atoms with E-state index in [2.05, 4.69) is 13.2 Å². The highest BCUT2D eigenvalue weighted by Gasteiger charge is 2.29. The van der Waals surface area contributed by atoms with Crippen molar-refractivity contribution in [3.8, 4) is 23.0 Å². The Hall–Kier alpha value is -3.51. The Bertz CT molecular complexity index is 1080. The number of benzene rings is 2. The largest absolute Gasteiger partial charge is 0.489 e. The summed E-state index contributed by atoms with van der Waals surface area (Å²) in [6.45, 7) is 13.3. The Morgan fingerprint density at radius 2 is 1.82 bits per heavy atom. The van der Waals surface area contributed by atoms with Crippen LogP contribution in [0, 0.1) is 0 Å². The Balaban J connectivity index is 1.88. The van der Waals surface area contributed by atoms with E-state index < -0.39 is 5.60 Å². The first-order valence-electron chi connectivity index (χ1n) is 10.7. The lowest BCUT2D eigenvalue weighted by molar-refractivity contribution is 0.0913. The molecule has 0 atom stereocenters. The number of carbonyl (C=O) groups excluding carboxylic acids is 1. The quantitative estimate of drug-likeness (QED) is 0.377. The fourth-order valence-electron chi connectivity index (χ4n) is 3.72. The summed E-state index contributed by atoms with van der Waals surface area (Å²) in [5.74, 6) is 1.75. The van der Waals surface area contributed by atoms with Gasteiger partial charge in [-0.3, -0.25) is 4.79 Å². The number of aliphatic hydroxyl groups excluding tert-OH is 1. The Morgan fingerprint density at radius 1 is 1.09 bits per heavy atom. The standard InChI is InChI=1S/C27H30O6/c1-6-12-30-20-9-10-21(24(14-20)31-13-7-2)22(29)17-32-26-19(16-28)8-11-23-25(26)18(3)15-27(4,5)33-23/h6-11,14-15,28H,1-2,12-13,16-17H2,3-5H3. The smallest absolute Gasteiger partial charge is 0.203 e. The summed E-state index contributed by atoms with van der Waals surface area (Å²) < 4.78 is 23.3. The van der Waals surface area contributed by atoms with Crippen LogP contribution in [0.4, 0.5) is 0 Å². The lowest BCUT2D eigenvalue weighted by Gasteiger charge is -2.31. The van der Waals surface area contributed by atoms with Crippen LogP contribution in [-0.2, 0) is 6.61 Å². The first-order chi connectivity index (χ1) is 15.8. The van der Waals surface area contributed by atoms with Gasteiger partial charge in [0.05, 0.1) is 17.7 Å². The van der Waals surface area contributed by atoms with E-state index in [4.69, 9.17) is 18.9 Å². The average Bonchev–Trinajstić information content (AvgIpc) is 2.78. The molecular weight excluding hydrogens is 420 g/mol. The summed E-state index contributed by atoms with van der Waals surface area (Å²) in [5, 5.41) is 9.86. The van der Waals surface area contributed by atoms with Crippen LogP contribution < -0.4 is 18.9 Å². The minimum Gasteiger partial charge on any atom is -0.489 e. The second-order valence-electron chi connectivity index (χ2n) is 8.19. The van der Waals surface area contributed by atoms with E-state index in [1.807, 2.05) is 32.9 Å². The van der Waals surface area contributed by atoms with Crippen LogP contribution in [0.2, 0.25) is 0 Å². The summed E-state index contributed by atoms with van der Waals surface area (Å²) in [7, 11) is 0. The molecule has 6 heteroatoms. The second kappa shape index (κ2) is 10.4. The van der Waals surface area contributed by atoms with Crippen molar-refractivity contribution in [1.82, 2.24) is 0 Å². The number of ether oxygens (including phenoxy) is 4. The number of hydrogen-bond donors (Lipinski definition) is 1. The zero-order chi connectivity index (χ0) is 24.0. The molecule has 0 saturated heterocycles. The summed E-state index contributed by atoms with van der Waals surface area (Å²) in [5.41, 5.74) is 2.18. The maximum atomic E-state index is 13.1. The van der Waals surface area contributed by atoms with Gasteiger partial charge in [0.2, 0.25) is 5.78 Å². The molecule has 0 radical (unpaired) electrons. The van der Waals surface area contributed by atoms with Crippen molar-refractivity contribution in [2.45, 2.75) is 33.0 Å². The Kier molecular flexibility index (Phi) is 7.61. The number of fused-ring (bicyclic) bond motifs is 1. The van der Waals surface area contributed by atoms with Crippen LogP contribution in [-0.4, -0.2) is 36.3 Å². The maximum Gasteiger partial charge on any atom is 0.203 e. The molecule has 1 heterocycles. The number of rotatable bonds is 11. The molecule has 33 heavy (non-hydrogen) atoms. The number of hydrogen-bond acceptors (Lipinski definition) is 6. The van der Waals surface area contributed by atoms with Gasteiger partial charge >= 0.3 is 0 Å². The second-order valence-corrected chi connectivity index (χ2v) is 8.19. The van der Waals surface area contributed by atoms with Crippen molar-refractivity contribution in [2.24, 2.45) is 0 Å². The van der Waals surface area contributed by atoms with Crippen molar-refractivity contribution < 1.29 is 28.8 Å². The van der Waals surface area contributed by atoms with Gasteiger partial charge in [-0.25, -0.2) is 0 Å². The Morgan fingerprint density at radius 3 is 2.52 bits per heavy atom. The SMILES string of the molecule is C=CCOc1ccc(C(=O)COc2c(CO)ccc3c2C(C)=CC(C)(C)O3)c(OCC=C)c1. The van der Waals surface area contributed by atoms with Crippen LogP contribution in [0.15, 0.2) is 61.7 Å². The van der Waals surface area contributed by atoms with Crippen molar-refractivity contribution in [3.63, 3.8) is 0 Å². The predicted octanol–water partition coefficient (Wildman–Crippen LogP) is 5.14. The molecule has 3 rings (SSSR count). The van der Waals surface area contributed by atoms with E-state index in [1.54, 1.807) is 36.4 Å². The first kappa shape index (κ1) is 24.1. The van der Waals surface area contributed by atoms with Crippen LogP contribution in [0.25, 0.3) is 5.57 Å². The molecule has 0 spiro atoms. The molecule has 0 aromatic heterocycles. The van der Waals surface area contributed by atoms with Crippen LogP contribution in [0.3, 0.4) is 0 Å². The van der Waals surface area contributed by atoms with Gasteiger partial charge < -0.3 is 24.1 Å². The molecule has 0 saturated carbocycles. The number of carbonyl (C=O) groups is 1. The fourth-order valence-corrected chi connectivity index (χ4v) is 3.72. The van der Waals surface area contributed by atoms with Crippen LogP contribution in [0.1, 0.15) is 42.3 Å². The van der Waals surface area contributed by atoms with Crippen molar-refractivity contribution in [3.05, 3.63) is 78.4 Å². The topological polar surface area (TPSA) is 74.2 Å². The highest BCUT2D eigenvalue weighted by atomic mass is 16.5. The molecule has 1 aliphatic rings. The lowest BCUT2D eigenvalue weighted by Crippen LogP contribution is -2.29. The summed E-state index contributed by atoms with van der Waals surface area (Å²) in [6.07, 6.45) is 5.23. The molecule has 174 valence electrons. The van der Waals surface area contributed by atoms with Gasteiger partial charge in [-0.05, 0) is 56.7 Å². The molecular formula is C27H30O6. The van der Waals surface area contributed by atoms with Gasteiger partial charge in [0.1, 0.15) is 41.8 Å². The summed E-state index contributed by atoms with van der Waals surface area (Å²) in [4.78, 5) is 13.1. The van der Waals surface area contributed by atoms with Crippen LogP contribution in [0.5, 0.6) is 23.0 Å². The summed E-state index contributed by atoms with van der Waals surface area (Å²) in [6, 6.07) is 8.57. The third-order valence-electron chi connectivity index (χ3n) is 5.03. The van der Waals surface area contributed by atoms with Gasteiger partial charge in [0, 0.05) is 11.6 Å². The highest BCUT2D eigenvalue weighted by molar-refractivity contribution is 6.00. The average molecular weight is 451 g/mol. The number of Topliss-reactive ketones (excluding diaryl/α,β-unsaturated/α-hetero) is 1. The third kappa shape index (κ3) is 5.65. The van der Waals surface area contributed by atoms with E-state index in [-0.39, 0.29) is 25.6 Å². The third-order valence-corrected chi connectivity index (χ3v) is 5.03. The zero-order valence-electron chi connectivity index (χ0n) is 19.3. The minimum atomic E-state index is -0.461. The van der Waals surface area contributed by atoms with Gasteiger partial charge in [-0.1, -0.05) is 25.3 Å². The van der Waals surface area contributed by atoms with E-state index in [1.165, 1.54) is 0 Å². The molecule has 0 unspecified atom stereocenters. The van der Waals surface area contributed by atoms with Gasteiger partial charge in [0.25, 0.3) is 0 Å². The molecule has 0 fully saturated rings. The first-order valence-corrected chi connectivity index (χ1v) is 10.7. The predicted molar refractivity (Wildman–Crippen MR) is 128 cm³/mol. The zero-order valence-corrected chi connectivity index (χ0v) is 19.3. The lowest BCUT2D eigenvalue weighted by atomic mass is 9.93. The molecule has 0 aliphatic carbocycles. The van der Waals surface area contributed by atoms with Crippen LogP contribution >= 0.6 is 0 Å². The molecule has 0 amide bonds. The molecule has 1 aliphatic heterocycles. The summed E-state index contributed by atoms with van der Waals surface area (Å²) >= 11 is 0. The Labute approximate surface area is 194 Å². The van der Waals surface area contributed by atoms with Crippen molar-refractivity contribution >= 4 is 11.4 Å². The maximum absolute atomic E-state index is 13.1. The van der Waals surface area contributed by atoms with Gasteiger partial charge in [-0.15, -0.1) is 0 Å². The fraction of sp³-hybridized carbons (Fsp3) is 0.296. The van der Waals surface area contributed by atoms with Crippen molar-refractivity contribution in [2.75, 3.05) is 19.8 Å². The van der Waals surface area contributed by atoms with E-state index in [0.29, 0.717) is 40.7 Å². The molecule has 0 bridgehead atoms. The van der Waals surface area contributed by atoms with Gasteiger partial charge in [0.15, 0.2) is 6.61 Å². The number of aliphatic hydroxyl groups is 1. The normalized spacial score (nSPS) is 13.8. The molecule has 2 aromatic carbocycles. The monoisotopic (exact) mass is 450 g/mol. The highest BCUT2D eigenvalue weighted by Crippen LogP contribution is 2.43.